The summed E-state index contributed by atoms with van der Waals surface area (Å²) in [6.45, 7) is 1.88. The minimum absolute atomic E-state index is 0.117. The average Bonchev–Trinajstić information content (AvgIpc) is 2.19. The Labute approximate surface area is 82.7 Å². The van der Waals surface area contributed by atoms with Crippen LogP contribution in [0.1, 0.15) is 30.1 Å². The zero-order valence-corrected chi connectivity index (χ0v) is 8.34. The van der Waals surface area contributed by atoms with Crippen LogP contribution in [0, 0.1) is 5.82 Å². The first kappa shape index (κ1) is 10.7. The fourth-order valence-electron chi connectivity index (χ4n) is 1.21. The van der Waals surface area contributed by atoms with Crippen LogP contribution < -0.4 is 4.74 Å². The van der Waals surface area contributed by atoms with E-state index in [-0.39, 0.29) is 11.3 Å². The summed E-state index contributed by atoms with van der Waals surface area (Å²) in [5.41, 5.74) is 0.117. The van der Waals surface area contributed by atoms with E-state index in [0.29, 0.717) is 12.2 Å². The van der Waals surface area contributed by atoms with Crippen molar-refractivity contribution in [1.29, 1.82) is 0 Å². The van der Waals surface area contributed by atoms with Crippen molar-refractivity contribution >= 4 is 5.78 Å². The predicted octanol–water partition coefficient (Wildman–Crippen LogP) is 2.82. The van der Waals surface area contributed by atoms with E-state index in [9.17, 15) is 9.18 Å². The zero-order valence-electron chi connectivity index (χ0n) is 8.34. The summed E-state index contributed by atoms with van der Waals surface area (Å²) >= 11 is 0. The molecule has 0 saturated carbocycles. The minimum atomic E-state index is -0.482. The summed E-state index contributed by atoms with van der Waals surface area (Å²) in [5.74, 6) is -0.154. The van der Waals surface area contributed by atoms with Gasteiger partial charge in [0.25, 0.3) is 0 Å². The lowest BCUT2D eigenvalue weighted by Crippen LogP contribution is -2.02. The molecule has 0 unspecified atom stereocenters. The second kappa shape index (κ2) is 4.74. The van der Waals surface area contributed by atoms with E-state index in [2.05, 4.69) is 0 Å². The summed E-state index contributed by atoms with van der Waals surface area (Å²) < 4.78 is 18.1. The van der Waals surface area contributed by atoms with Crippen molar-refractivity contribution in [3.63, 3.8) is 0 Å². The zero-order chi connectivity index (χ0) is 10.6. The lowest BCUT2D eigenvalue weighted by atomic mass is 10.1. The van der Waals surface area contributed by atoms with E-state index < -0.39 is 5.82 Å². The molecule has 0 N–H and O–H groups in total. The van der Waals surface area contributed by atoms with E-state index >= 15 is 0 Å². The van der Waals surface area contributed by atoms with Crippen LogP contribution in [0.5, 0.6) is 5.75 Å². The van der Waals surface area contributed by atoms with Crippen LogP contribution >= 0.6 is 0 Å². The van der Waals surface area contributed by atoms with E-state index in [0.717, 1.165) is 6.42 Å². The van der Waals surface area contributed by atoms with Gasteiger partial charge >= 0.3 is 0 Å². The van der Waals surface area contributed by atoms with Gasteiger partial charge in [0, 0.05) is 6.42 Å². The third-order valence-electron chi connectivity index (χ3n) is 1.95. The molecule has 0 amide bonds. The van der Waals surface area contributed by atoms with Crippen molar-refractivity contribution in [2.45, 2.75) is 19.8 Å². The van der Waals surface area contributed by atoms with Crippen LogP contribution in [0.2, 0.25) is 0 Å². The van der Waals surface area contributed by atoms with Crippen LogP contribution in [0.25, 0.3) is 0 Å². The molecule has 0 saturated heterocycles. The van der Waals surface area contributed by atoms with Crippen molar-refractivity contribution < 1.29 is 13.9 Å². The van der Waals surface area contributed by atoms with Crippen molar-refractivity contribution in [3.8, 4) is 5.75 Å². The van der Waals surface area contributed by atoms with Crippen LogP contribution in [0.4, 0.5) is 4.39 Å². The van der Waals surface area contributed by atoms with Gasteiger partial charge in [0.1, 0.15) is 11.6 Å². The van der Waals surface area contributed by atoms with Crippen molar-refractivity contribution in [3.05, 3.63) is 29.6 Å². The number of hydrogen-bond donors (Lipinski definition) is 0. The normalized spacial score (nSPS) is 9.93. The van der Waals surface area contributed by atoms with E-state index in [1.165, 1.54) is 25.3 Å². The molecule has 0 heterocycles. The third-order valence-corrected chi connectivity index (χ3v) is 1.95. The summed E-state index contributed by atoms with van der Waals surface area (Å²) in [6.07, 6.45) is 1.08. The summed E-state index contributed by atoms with van der Waals surface area (Å²) in [4.78, 5) is 11.4. The molecule has 2 nitrogen and oxygen atoms in total. The Kier molecular flexibility index (Phi) is 3.63. The Bertz CT molecular complexity index is 334. The highest BCUT2D eigenvalue weighted by molar-refractivity contribution is 5.96. The molecule has 0 atom stereocenters. The monoisotopic (exact) mass is 196 g/mol. The van der Waals surface area contributed by atoms with Gasteiger partial charge in [0.15, 0.2) is 5.78 Å². The first-order valence-electron chi connectivity index (χ1n) is 4.55. The second-order valence-electron chi connectivity index (χ2n) is 3.02. The smallest absolute Gasteiger partial charge is 0.165 e. The number of carbonyl (C=O) groups excluding carboxylic acids is 1. The molecule has 76 valence electrons. The third kappa shape index (κ3) is 2.31. The van der Waals surface area contributed by atoms with E-state index in [1.54, 1.807) is 0 Å². The highest BCUT2D eigenvalue weighted by Crippen LogP contribution is 2.18. The first-order valence-corrected chi connectivity index (χ1v) is 4.55. The van der Waals surface area contributed by atoms with E-state index in [4.69, 9.17) is 4.74 Å². The number of Topliss-reactive ketones (excluding diaryl/α,β-unsaturated/α-hetero) is 1. The highest BCUT2D eigenvalue weighted by Gasteiger charge is 2.11. The molecule has 0 aromatic heterocycles. The van der Waals surface area contributed by atoms with Gasteiger partial charge in [-0.3, -0.25) is 4.79 Å². The molecule has 0 aliphatic heterocycles. The number of ether oxygens (including phenoxy) is 1. The Morgan fingerprint density at radius 3 is 2.79 bits per heavy atom. The van der Waals surface area contributed by atoms with Crippen LogP contribution in [-0.2, 0) is 0 Å². The lowest BCUT2D eigenvalue weighted by molar-refractivity contribution is 0.0977. The van der Waals surface area contributed by atoms with Crippen LogP contribution in [0.3, 0.4) is 0 Å². The number of halogens is 1. The molecule has 1 rings (SSSR count). The maximum Gasteiger partial charge on any atom is 0.165 e. The first-order chi connectivity index (χ1) is 6.69. The Hall–Kier alpha value is -1.38. The SMILES string of the molecule is CCCC(=O)c1cc(OC)ccc1F. The van der Waals surface area contributed by atoms with Crippen molar-refractivity contribution in [2.75, 3.05) is 7.11 Å². The number of methoxy groups -OCH3 is 1. The van der Waals surface area contributed by atoms with Gasteiger partial charge in [-0.15, -0.1) is 0 Å². The lowest BCUT2D eigenvalue weighted by Gasteiger charge is -2.04. The Morgan fingerprint density at radius 2 is 2.21 bits per heavy atom. The molecule has 1 aromatic rings. The van der Waals surface area contributed by atoms with Crippen LogP contribution in [0.15, 0.2) is 18.2 Å². The largest absolute Gasteiger partial charge is 0.497 e. The molecular formula is C11H13FO2. The van der Waals surface area contributed by atoms with Crippen molar-refractivity contribution in [1.82, 2.24) is 0 Å². The number of hydrogen-bond acceptors (Lipinski definition) is 2. The maximum absolute atomic E-state index is 13.2. The Balaban J connectivity index is 2.99. The quantitative estimate of drug-likeness (QED) is 0.692. The van der Waals surface area contributed by atoms with Gasteiger partial charge in [-0.05, 0) is 24.6 Å². The highest BCUT2D eigenvalue weighted by atomic mass is 19.1. The fourth-order valence-corrected chi connectivity index (χ4v) is 1.21. The number of ketones is 1. The predicted molar refractivity (Wildman–Crippen MR) is 52.2 cm³/mol. The van der Waals surface area contributed by atoms with E-state index in [1.807, 2.05) is 6.92 Å². The average molecular weight is 196 g/mol. The minimum Gasteiger partial charge on any atom is -0.497 e. The molecule has 0 spiro atoms. The van der Waals surface area contributed by atoms with Crippen molar-refractivity contribution in [2.24, 2.45) is 0 Å². The van der Waals surface area contributed by atoms with Crippen LogP contribution in [-0.4, -0.2) is 12.9 Å². The molecular weight excluding hydrogens is 183 g/mol. The van der Waals surface area contributed by atoms with Gasteiger partial charge < -0.3 is 4.74 Å². The molecule has 3 heteroatoms. The molecule has 0 radical (unpaired) electrons. The topological polar surface area (TPSA) is 26.3 Å². The molecule has 1 aromatic carbocycles. The maximum atomic E-state index is 13.2. The molecule has 0 aliphatic rings. The van der Waals surface area contributed by atoms with Gasteiger partial charge in [0.05, 0.1) is 12.7 Å². The summed E-state index contributed by atoms with van der Waals surface area (Å²) in [7, 11) is 1.49. The molecule has 0 bridgehead atoms. The standard InChI is InChI=1S/C11H13FO2/c1-3-4-11(13)9-7-8(14-2)5-6-10(9)12/h5-7H,3-4H2,1-2H3. The van der Waals surface area contributed by atoms with Gasteiger partial charge in [-0.25, -0.2) is 4.39 Å². The molecule has 0 fully saturated rings. The second-order valence-corrected chi connectivity index (χ2v) is 3.02. The number of benzene rings is 1. The fraction of sp³-hybridized carbons (Fsp3) is 0.364. The molecule has 14 heavy (non-hydrogen) atoms. The van der Waals surface area contributed by atoms with Gasteiger partial charge in [0.2, 0.25) is 0 Å². The van der Waals surface area contributed by atoms with Gasteiger partial charge in [-0.1, -0.05) is 6.92 Å². The summed E-state index contributed by atoms with van der Waals surface area (Å²) in [6, 6.07) is 4.19. The number of rotatable bonds is 4. The Morgan fingerprint density at radius 1 is 1.50 bits per heavy atom. The molecule has 0 aliphatic carbocycles. The summed E-state index contributed by atoms with van der Waals surface area (Å²) in [5, 5.41) is 0. The number of carbonyl (C=O) groups is 1. The van der Waals surface area contributed by atoms with Gasteiger partial charge in [-0.2, -0.15) is 0 Å².